The van der Waals surface area contributed by atoms with Crippen molar-refractivity contribution in [2.75, 3.05) is 0 Å². The van der Waals surface area contributed by atoms with Gasteiger partial charge in [0.25, 0.3) is 0 Å². The van der Waals surface area contributed by atoms with E-state index in [2.05, 4.69) is 11.7 Å². The Labute approximate surface area is 189 Å². The van der Waals surface area contributed by atoms with E-state index in [0.717, 1.165) is 49.7 Å². The number of alkyl halides is 3. The van der Waals surface area contributed by atoms with Crippen molar-refractivity contribution in [1.29, 1.82) is 0 Å². The summed E-state index contributed by atoms with van der Waals surface area (Å²) in [6.45, 7) is 2.26. The van der Waals surface area contributed by atoms with Gasteiger partial charge in [-0.15, -0.1) is 13.2 Å². The first-order chi connectivity index (χ1) is 15.2. The van der Waals surface area contributed by atoms with E-state index >= 15 is 0 Å². The number of rotatable bonds is 9. The molecule has 2 saturated carbocycles. The molecule has 2 fully saturated rings. The Hall–Kier alpha value is -1.33. The minimum absolute atomic E-state index is 0.00594. The lowest BCUT2D eigenvalue weighted by Gasteiger charge is -2.31. The normalized spacial score (nSPS) is 26.8. The Morgan fingerprint density at radius 3 is 1.62 bits per heavy atom. The summed E-state index contributed by atoms with van der Waals surface area (Å²) in [4.78, 5) is 0. The fourth-order valence-electron chi connectivity index (χ4n) is 5.81. The van der Waals surface area contributed by atoms with Gasteiger partial charge in [-0.1, -0.05) is 71.1 Å². The fourth-order valence-corrected chi connectivity index (χ4v) is 5.81. The van der Waals surface area contributed by atoms with Gasteiger partial charge in [0.15, 0.2) is 11.6 Å². The minimum Gasteiger partial charge on any atom is -0.399 e. The molecule has 0 unspecified atom stereocenters. The van der Waals surface area contributed by atoms with Gasteiger partial charge in [0.1, 0.15) is 0 Å². The standard InChI is InChI=1S/C26H37F5O/c1-2-3-5-18-8-10-19(11-9-18)6-4-7-20-12-14-21(15-13-20)22-16-23(27)25(24(28)17-22)32-26(29,30)31/h16-21H,2-15H2,1H3. The smallest absolute Gasteiger partial charge is 0.399 e. The molecule has 2 aliphatic carbocycles. The molecular formula is C26H37F5O. The summed E-state index contributed by atoms with van der Waals surface area (Å²) < 4.78 is 68.5. The van der Waals surface area contributed by atoms with Gasteiger partial charge in [0, 0.05) is 0 Å². The quantitative estimate of drug-likeness (QED) is 0.334. The molecular weight excluding hydrogens is 423 g/mol. The molecule has 3 rings (SSSR count). The van der Waals surface area contributed by atoms with Crippen molar-refractivity contribution in [3.63, 3.8) is 0 Å². The Morgan fingerprint density at radius 1 is 0.750 bits per heavy atom. The maximum atomic E-state index is 14.0. The monoisotopic (exact) mass is 460 g/mol. The second kappa shape index (κ2) is 11.7. The van der Waals surface area contributed by atoms with E-state index in [1.54, 1.807) is 0 Å². The zero-order chi connectivity index (χ0) is 23.1. The molecule has 0 amide bonds. The van der Waals surface area contributed by atoms with E-state index in [9.17, 15) is 22.0 Å². The first-order valence-corrected chi connectivity index (χ1v) is 12.5. The highest BCUT2D eigenvalue weighted by Crippen LogP contribution is 2.41. The van der Waals surface area contributed by atoms with Crippen molar-refractivity contribution in [2.45, 2.75) is 109 Å². The van der Waals surface area contributed by atoms with Crippen LogP contribution in [-0.2, 0) is 0 Å². The van der Waals surface area contributed by atoms with E-state index < -0.39 is 23.7 Å². The van der Waals surface area contributed by atoms with Crippen molar-refractivity contribution in [3.8, 4) is 5.75 Å². The van der Waals surface area contributed by atoms with Gasteiger partial charge in [0.05, 0.1) is 0 Å². The third kappa shape index (κ3) is 7.62. The highest BCUT2D eigenvalue weighted by Gasteiger charge is 2.34. The van der Waals surface area contributed by atoms with E-state index in [-0.39, 0.29) is 5.92 Å². The van der Waals surface area contributed by atoms with Crippen LogP contribution < -0.4 is 4.74 Å². The predicted molar refractivity (Wildman–Crippen MR) is 117 cm³/mol. The van der Waals surface area contributed by atoms with Crippen LogP contribution >= 0.6 is 0 Å². The van der Waals surface area contributed by atoms with Gasteiger partial charge in [0.2, 0.25) is 5.75 Å². The number of hydrogen-bond donors (Lipinski definition) is 0. The number of unbranched alkanes of at least 4 members (excludes halogenated alkanes) is 1. The summed E-state index contributed by atoms with van der Waals surface area (Å²) in [6, 6.07) is 2.01. The van der Waals surface area contributed by atoms with E-state index in [1.165, 1.54) is 64.2 Å². The summed E-state index contributed by atoms with van der Waals surface area (Å²) in [5.41, 5.74) is 0.438. The number of benzene rings is 1. The Kier molecular flexibility index (Phi) is 9.24. The molecule has 182 valence electrons. The molecule has 0 N–H and O–H groups in total. The second-order valence-electron chi connectivity index (χ2n) is 10.0. The van der Waals surface area contributed by atoms with Crippen molar-refractivity contribution in [3.05, 3.63) is 29.3 Å². The number of hydrogen-bond acceptors (Lipinski definition) is 1. The third-order valence-corrected chi connectivity index (χ3v) is 7.71. The van der Waals surface area contributed by atoms with E-state index in [0.29, 0.717) is 11.5 Å². The van der Waals surface area contributed by atoms with E-state index in [4.69, 9.17) is 0 Å². The molecule has 0 radical (unpaired) electrons. The Balaban J connectivity index is 1.38. The van der Waals surface area contributed by atoms with Crippen LogP contribution in [0.3, 0.4) is 0 Å². The molecule has 1 aromatic rings. The van der Waals surface area contributed by atoms with Crippen LogP contribution in [0.5, 0.6) is 5.75 Å². The molecule has 1 aromatic carbocycles. The van der Waals surface area contributed by atoms with Gasteiger partial charge in [-0.25, -0.2) is 8.78 Å². The Morgan fingerprint density at radius 2 is 1.19 bits per heavy atom. The highest BCUT2D eigenvalue weighted by molar-refractivity contribution is 5.33. The Bertz CT molecular complexity index is 678. The maximum Gasteiger partial charge on any atom is 0.573 e. The number of halogens is 5. The number of ether oxygens (including phenoxy) is 1. The van der Waals surface area contributed by atoms with Crippen LogP contribution in [0, 0.1) is 29.4 Å². The second-order valence-corrected chi connectivity index (χ2v) is 10.0. The molecule has 0 aromatic heterocycles. The van der Waals surface area contributed by atoms with Gasteiger partial charge in [-0.2, -0.15) is 0 Å². The van der Waals surface area contributed by atoms with Gasteiger partial charge < -0.3 is 4.74 Å². The van der Waals surface area contributed by atoms with Crippen LogP contribution in [0.4, 0.5) is 22.0 Å². The molecule has 0 spiro atoms. The van der Waals surface area contributed by atoms with Gasteiger partial charge >= 0.3 is 6.36 Å². The van der Waals surface area contributed by atoms with Crippen LogP contribution in [0.15, 0.2) is 12.1 Å². The van der Waals surface area contributed by atoms with Crippen LogP contribution in [0.25, 0.3) is 0 Å². The lowest BCUT2D eigenvalue weighted by Crippen LogP contribution is -2.19. The summed E-state index contributed by atoms with van der Waals surface area (Å²) in [5, 5.41) is 0. The van der Waals surface area contributed by atoms with Gasteiger partial charge in [-0.05, 0) is 67.1 Å². The van der Waals surface area contributed by atoms with E-state index in [1.807, 2.05) is 0 Å². The molecule has 0 saturated heterocycles. The maximum absolute atomic E-state index is 14.0. The highest BCUT2D eigenvalue weighted by atomic mass is 19.4. The molecule has 6 heteroatoms. The SMILES string of the molecule is CCCCC1CCC(CCCC2CCC(c3cc(F)c(OC(F)(F)F)c(F)c3)CC2)CC1. The molecule has 1 nitrogen and oxygen atoms in total. The zero-order valence-corrected chi connectivity index (χ0v) is 19.2. The zero-order valence-electron chi connectivity index (χ0n) is 19.2. The minimum atomic E-state index is -5.12. The van der Waals surface area contributed by atoms with Crippen molar-refractivity contribution in [2.24, 2.45) is 17.8 Å². The first kappa shape index (κ1) is 25.3. The average Bonchev–Trinajstić information content (AvgIpc) is 2.75. The van der Waals surface area contributed by atoms with Crippen molar-refractivity contribution < 1.29 is 26.7 Å². The molecule has 0 heterocycles. The first-order valence-electron chi connectivity index (χ1n) is 12.5. The summed E-state index contributed by atoms with van der Waals surface area (Å²) in [5.74, 6) is -1.47. The fraction of sp³-hybridized carbons (Fsp3) is 0.769. The van der Waals surface area contributed by atoms with Crippen LogP contribution in [-0.4, -0.2) is 6.36 Å². The molecule has 0 bridgehead atoms. The topological polar surface area (TPSA) is 9.23 Å². The van der Waals surface area contributed by atoms with Crippen LogP contribution in [0.2, 0.25) is 0 Å². The largest absolute Gasteiger partial charge is 0.573 e. The van der Waals surface area contributed by atoms with Crippen LogP contribution in [0.1, 0.15) is 108 Å². The van der Waals surface area contributed by atoms with Crippen molar-refractivity contribution >= 4 is 0 Å². The van der Waals surface area contributed by atoms with Crippen molar-refractivity contribution in [1.82, 2.24) is 0 Å². The lowest BCUT2D eigenvalue weighted by atomic mass is 9.75. The molecule has 2 aliphatic rings. The average molecular weight is 461 g/mol. The molecule has 0 atom stereocenters. The van der Waals surface area contributed by atoms with Gasteiger partial charge in [-0.3, -0.25) is 0 Å². The summed E-state index contributed by atoms with van der Waals surface area (Å²) >= 11 is 0. The molecule has 32 heavy (non-hydrogen) atoms. The third-order valence-electron chi connectivity index (χ3n) is 7.71. The molecule has 0 aliphatic heterocycles. The predicted octanol–water partition coefficient (Wildman–Crippen LogP) is 9.30. The lowest BCUT2D eigenvalue weighted by molar-refractivity contribution is -0.276. The summed E-state index contributed by atoms with van der Waals surface area (Å²) in [6.07, 6.45) is 12.0. The summed E-state index contributed by atoms with van der Waals surface area (Å²) in [7, 11) is 0.